The van der Waals surface area contributed by atoms with Crippen molar-refractivity contribution in [3.8, 4) is 0 Å². The number of rotatable bonds is 49. The van der Waals surface area contributed by atoms with Crippen molar-refractivity contribution in [2.75, 3.05) is 26.4 Å². The zero-order valence-electron chi connectivity index (χ0n) is 50.9. The first kappa shape index (κ1) is 75.3. The maximum Gasteiger partial charge on any atom is 0.220 e. The molecular formula is C64H117NO18. The van der Waals surface area contributed by atoms with Crippen LogP contribution in [0.25, 0.3) is 0 Å². The van der Waals surface area contributed by atoms with Crippen molar-refractivity contribution in [3.05, 3.63) is 36.5 Å². The van der Waals surface area contributed by atoms with Gasteiger partial charge in [-0.3, -0.25) is 4.79 Å². The van der Waals surface area contributed by atoms with Crippen molar-refractivity contribution in [3.63, 3.8) is 0 Å². The number of carbonyl (C=O) groups excluding carboxylic acids is 1. The van der Waals surface area contributed by atoms with Gasteiger partial charge in [-0.2, -0.15) is 0 Å². The Kier molecular flexibility index (Phi) is 42.7. The molecule has 3 aliphatic heterocycles. The van der Waals surface area contributed by atoms with Crippen LogP contribution in [0.3, 0.4) is 0 Å². The second-order valence-electron chi connectivity index (χ2n) is 23.6. The molecule has 3 heterocycles. The minimum absolute atomic E-state index is 0.229. The van der Waals surface area contributed by atoms with E-state index in [4.69, 9.17) is 28.4 Å². The standard InChI is InChI=1S/C64H117NO18/c1-3-5-7-9-11-12-13-14-15-16-17-18-19-20-21-22-23-24-25-26-27-28-29-30-31-32-33-34-35-36-37-39-41-48(69)47(65-52(70)42-40-38-10-8-6-4-2)46-78-62-58(76)55(73)60(50(44-67)80-62)83-64-59(77)56(74)61(51(45-68)81-64)82-63-57(75)54(72)53(71)49(43-66)79-63/h30-31,34-35,39,41,47-51,53-64,66-69,71-77H,3-29,32-33,36-38,40,42-46H2,1-2H3,(H,65,70)/b31-30+,35-34+,41-39+. The molecule has 1 amide bonds. The van der Waals surface area contributed by atoms with Crippen LogP contribution in [0.15, 0.2) is 36.5 Å². The Labute approximate surface area is 498 Å². The van der Waals surface area contributed by atoms with Gasteiger partial charge in [-0.1, -0.05) is 217 Å². The second kappa shape index (κ2) is 47.1. The number of hydrogen-bond acceptors (Lipinski definition) is 18. The highest BCUT2D eigenvalue weighted by Crippen LogP contribution is 2.33. The Morgan fingerprint density at radius 2 is 0.771 bits per heavy atom. The van der Waals surface area contributed by atoms with Gasteiger partial charge >= 0.3 is 0 Å². The van der Waals surface area contributed by atoms with E-state index >= 15 is 0 Å². The van der Waals surface area contributed by atoms with Gasteiger partial charge in [-0.05, 0) is 44.9 Å². The van der Waals surface area contributed by atoms with Gasteiger partial charge in [-0.25, -0.2) is 0 Å². The molecule has 3 rings (SSSR count). The fourth-order valence-electron chi connectivity index (χ4n) is 11.0. The first-order chi connectivity index (χ1) is 40.3. The summed E-state index contributed by atoms with van der Waals surface area (Å²) in [4.78, 5) is 13.1. The van der Waals surface area contributed by atoms with Gasteiger partial charge in [0, 0.05) is 6.42 Å². The minimum atomic E-state index is -1.98. The van der Waals surface area contributed by atoms with E-state index in [1.165, 1.54) is 141 Å². The monoisotopic (exact) mass is 1190 g/mol. The van der Waals surface area contributed by atoms with Crippen LogP contribution in [-0.2, 0) is 33.2 Å². The molecule has 0 radical (unpaired) electrons. The molecule has 12 N–H and O–H groups in total. The second-order valence-corrected chi connectivity index (χ2v) is 23.6. The molecule has 19 nitrogen and oxygen atoms in total. The molecule has 0 aromatic heterocycles. The molecule has 0 aromatic carbocycles. The molecule has 3 fully saturated rings. The topological polar surface area (TPSA) is 307 Å². The fraction of sp³-hybridized carbons (Fsp3) is 0.891. The lowest BCUT2D eigenvalue weighted by atomic mass is 9.96. The number of ether oxygens (including phenoxy) is 6. The van der Waals surface area contributed by atoms with E-state index in [1.807, 2.05) is 6.08 Å². The average molecular weight is 1190 g/mol. The van der Waals surface area contributed by atoms with Crippen molar-refractivity contribution < 1.29 is 89.4 Å². The van der Waals surface area contributed by atoms with Crippen LogP contribution in [-0.4, -0.2) is 193 Å². The van der Waals surface area contributed by atoms with Crippen LogP contribution in [0.2, 0.25) is 0 Å². The van der Waals surface area contributed by atoms with Crippen molar-refractivity contribution >= 4 is 5.91 Å². The molecule has 0 bridgehead atoms. The maximum atomic E-state index is 13.1. The average Bonchev–Trinajstić information content (AvgIpc) is 3.25. The van der Waals surface area contributed by atoms with Crippen LogP contribution in [0.1, 0.15) is 232 Å². The maximum absolute atomic E-state index is 13.1. The van der Waals surface area contributed by atoms with Crippen LogP contribution in [0.5, 0.6) is 0 Å². The number of hydrogen-bond donors (Lipinski definition) is 12. The van der Waals surface area contributed by atoms with Gasteiger partial charge < -0.3 is 89.9 Å². The summed E-state index contributed by atoms with van der Waals surface area (Å²) in [7, 11) is 0. The van der Waals surface area contributed by atoms with Crippen LogP contribution in [0, 0.1) is 0 Å². The van der Waals surface area contributed by atoms with Gasteiger partial charge in [0.1, 0.15) is 73.2 Å². The summed E-state index contributed by atoms with van der Waals surface area (Å²) in [6.45, 7) is 1.62. The highest BCUT2D eigenvalue weighted by atomic mass is 16.8. The van der Waals surface area contributed by atoms with Gasteiger partial charge in [0.15, 0.2) is 18.9 Å². The molecule has 3 saturated heterocycles. The molecule has 83 heavy (non-hydrogen) atoms. The van der Waals surface area contributed by atoms with E-state index in [9.17, 15) is 61.0 Å². The number of amides is 1. The minimum Gasteiger partial charge on any atom is -0.394 e. The van der Waals surface area contributed by atoms with Gasteiger partial charge in [0.2, 0.25) is 5.91 Å². The van der Waals surface area contributed by atoms with Crippen molar-refractivity contribution in [1.29, 1.82) is 0 Å². The Bertz CT molecular complexity index is 1660. The number of carbonyl (C=O) groups is 1. The van der Waals surface area contributed by atoms with Crippen molar-refractivity contribution in [2.45, 2.75) is 336 Å². The predicted molar refractivity (Wildman–Crippen MR) is 319 cm³/mol. The van der Waals surface area contributed by atoms with Crippen molar-refractivity contribution in [1.82, 2.24) is 5.32 Å². The predicted octanol–water partition coefficient (Wildman–Crippen LogP) is 7.27. The largest absolute Gasteiger partial charge is 0.394 e. The molecule has 19 heteroatoms. The van der Waals surface area contributed by atoms with E-state index in [-0.39, 0.29) is 18.9 Å². The van der Waals surface area contributed by atoms with E-state index in [2.05, 4.69) is 43.5 Å². The summed E-state index contributed by atoms with van der Waals surface area (Å²) in [6, 6.07) is -0.991. The zero-order chi connectivity index (χ0) is 60.5. The number of aliphatic hydroxyl groups excluding tert-OH is 11. The fourth-order valence-corrected chi connectivity index (χ4v) is 11.0. The molecule has 3 aliphatic rings. The SMILES string of the molecule is CCCCCCCCCCCCCCCCCCCCCCCC/C=C/CC/C=C/CC/C=C/C(O)C(COC1OC(CO)C(OC2OC(CO)C(OC3OC(CO)C(O)C(O)C3O)C(O)C2O)C(O)C1O)NC(=O)CCCCCCCC. The summed E-state index contributed by atoms with van der Waals surface area (Å²) in [5.74, 6) is -0.299. The summed E-state index contributed by atoms with van der Waals surface area (Å²) in [5.41, 5.74) is 0. The lowest BCUT2D eigenvalue weighted by molar-refractivity contribution is -0.379. The summed E-state index contributed by atoms with van der Waals surface area (Å²) >= 11 is 0. The molecule has 0 saturated carbocycles. The van der Waals surface area contributed by atoms with Gasteiger partial charge in [-0.15, -0.1) is 0 Å². The van der Waals surface area contributed by atoms with Crippen LogP contribution < -0.4 is 5.32 Å². The number of aliphatic hydroxyl groups is 11. The lowest BCUT2D eigenvalue weighted by Gasteiger charge is -2.48. The van der Waals surface area contributed by atoms with Gasteiger partial charge in [0.05, 0.1) is 38.6 Å². The number of allylic oxidation sites excluding steroid dienone is 5. The van der Waals surface area contributed by atoms with Crippen LogP contribution >= 0.6 is 0 Å². The quantitative estimate of drug-likeness (QED) is 0.0211. The third-order valence-corrected chi connectivity index (χ3v) is 16.4. The Balaban J connectivity index is 1.35. The van der Waals surface area contributed by atoms with E-state index in [0.29, 0.717) is 12.8 Å². The number of nitrogens with one attached hydrogen (secondary N) is 1. The molecule has 0 spiro atoms. The summed E-state index contributed by atoms with van der Waals surface area (Å²) in [5, 5.41) is 120. The van der Waals surface area contributed by atoms with E-state index < -0.39 is 124 Å². The Morgan fingerprint density at radius 3 is 1.20 bits per heavy atom. The van der Waals surface area contributed by atoms with E-state index in [1.54, 1.807) is 6.08 Å². The van der Waals surface area contributed by atoms with E-state index in [0.717, 1.165) is 57.8 Å². The van der Waals surface area contributed by atoms with Gasteiger partial charge in [0.25, 0.3) is 0 Å². The Morgan fingerprint density at radius 1 is 0.422 bits per heavy atom. The highest BCUT2D eigenvalue weighted by Gasteiger charge is 2.53. The summed E-state index contributed by atoms with van der Waals surface area (Å²) in [6.07, 6.45) is 26.5. The first-order valence-corrected chi connectivity index (χ1v) is 32.7. The lowest BCUT2D eigenvalue weighted by Crippen LogP contribution is -2.66. The highest BCUT2D eigenvalue weighted by molar-refractivity contribution is 5.76. The molecule has 17 atom stereocenters. The first-order valence-electron chi connectivity index (χ1n) is 32.7. The normalized spacial score (nSPS) is 29.6. The summed E-state index contributed by atoms with van der Waals surface area (Å²) < 4.78 is 34.1. The number of unbranched alkanes of at least 4 members (excludes halogenated alkanes) is 29. The molecule has 0 aromatic rings. The van der Waals surface area contributed by atoms with Crippen LogP contribution in [0.4, 0.5) is 0 Å². The molecular weight excluding hydrogens is 1070 g/mol. The molecule has 486 valence electrons. The third-order valence-electron chi connectivity index (χ3n) is 16.4. The third kappa shape index (κ3) is 30.2. The van der Waals surface area contributed by atoms with Crippen molar-refractivity contribution in [2.24, 2.45) is 0 Å². The molecule has 17 unspecified atom stereocenters. The smallest absolute Gasteiger partial charge is 0.220 e. The molecule has 0 aliphatic carbocycles. The Hall–Kier alpha value is -1.99. The zero-order valence-corrected chi connectivity index (χ0v) is 50.9.